The molecule has 0 N–H and O–H groups in total. The van der Waals surface area contributed by atoms with Crippen LogP contribution in [-0.2, 0) is 0 Å². The van der Waals surface area contributed by atoms with Gasteiger partial charge in [-0.15, -0.1) is 0 Å². The summed E-state index contributed by atoms with van der Waals surface area (Å²) in [4.78, 5) is 24.9. The number of rotatable bonds is 2. The second-order valence-corrected chi connectivity index (χ2v) is 6.02. The molecule has 1 saturated heterocycles. The van der Waals surface area contributed by atoms with Gasteiger partial charge in [0.15, 0.2) is 0 Å². The van der Waals surface area contributed by atoms with Crippen LogP contribution in [0.2, 0.25) is 0 Å². The number of carbonyl (C=O) groups is 1. The fraction of sp³-hybridized carbons (Fsp3) is 0.294. The minimum Gasteiger partial charge on any atom is -0.353 e. The van der Waals surface area contributed by atoms with E-state index in [0.717, 1.165) is 11.5 Å². The Kier molecular flexibility index (Phi) is 3.79. The van der Waals surface area contributed by atoms with E-state index < -0.39 is 5.82 Å². The number of benzene rings is 1. The molecular formula is C17H17FN6O. The van der Waals surface area contributed by atoms with Crippen LogP contribution in [0.4, 0.5) is 10.2 Å². The molecule has 3 aromatic rings. The Bertz CT molecular complexity index is 932. The van der Waals surface area contributed by atoms with Gasteiger partial charge in [-0.05, 0) is 25.1 Å². The van der Waals surface area contributed by atoms with Crippen LogP contribution in [0.3, 0.4) is 0 Å². The summed E-state index contributed by atoms with van der Waals surface area (Å²) in [7, 11) is 0. The number of hydrogen-bond donors (Lipinski definition) is 0. The fourth-order valence-electron chi connectivity index (χ4n) is 3.08. The molecule has 0 aliphatic carbocycles. The largest absolute Gasteiger partial charge is 0.353 e. The van der Waals surface area contributed by atoms with E-state index in [-0.39, 0.29) is 5.91 Å². The second-order valence-electron chi connectivity index (χ2n) is 6.02. The molecule has 1 aliphatic rings. The Labute approximate surface area is 143 Å². The van der Waals surface area contributed by atoms with Gasteiger partial charge in [0, 0.05) is 43.5 Å². The average molecular weight is 340 g/mol. The van der Waals surface area contributed by atoms with Crippen molar-refractivity contribution in [2.45, 2.75) is 6.92 Å². The van der Waals surface area contributed by atoms with Gasteiger partial charge in [-0.3, -0.25) is 4.79 Å². The first-order valence-corrected chi connectivity index (χ1v) is 8.09. The normalized spacial score (nSPS) is 15.0. The predicted molar refractivity (Wildman–Crippen MR) is 90.0 cm³/mol. The summed E-state index contributed by atoms with van der Waals surface area (Å²) in [6.07, 6.45) is 1.48. The Morgan fingerprint density at radius 3 is 2.72 bits per heavy atom. The van der Waals surface area contributed by atoms with Crippen LogP contribution in [-0.4, -0.2) is 56.6 Å². The van der Waals surface area contributed by atoms with E-state index in [4.69, 9.17) is 0 Å². The summed E-state index contributed by atoms with van der Waals surface area (Å²) in [6, 6.07) is 7.78. The molecule has 4 rings (SSSR count). The molecule has 0 spiro atoms. The van der Waals surface area contributed by atoms with Gasteiger partial charge in [0.05, 0.1) is 0 Å². The first-order chi connectivity index (χ1) is 12.1. The number of anilines is 1. The molecule has 2 aromatic heterocycles. The first kappa shape index (κ1) is 15.5. The van der Waals surface area contributed by atoms with Crippen molar-refractivity contribution in [2.24, 2.45) is 0 Å². The molecule has 3 heterocycles. The highest BCUT2D eigenvalue weighted by Crippen LogP contribution is 2.19. The summed E-state index contributed by atoms with van der Waals surface area (Å²) in [5.74, 6) is 0.937. The van der Waals surface area contributed by atoms with Gasteiger partial charge >= 0.3 is 0 Å². The number of aromatic nitrogens is 4. The van der Waals surface area contributed by atoms with Gasteiger partial charge < -0.3 is 9.80 Å². The molecule has 1 amide bonds. The highest BCUT2D eigenvalue weighted by molar-refractivity contribution is 5.94. The third kappa shape index (κ3) is 2.90. The fourth-order valence-corrected chi connectivity index (χ4v) is 3.08. The summed E-state index contributed by atoms with van der Waals surface area (Å²) >= 11 is 0. The van der Waals surface area contributed by atoms with Crippen LogP contribution in [0.15, 0.2) is 36.7 Å². The van der Waals surface area contributed by atoms with Gasteiger partial charge in [-0.2, -0.15) is 14.6 Å². The minimum atomic E-state index is -0.398. The number of carbonyl (C=O) groups excluding carboxylic acids is 1. The minimum absolute atomic E-state index is 0.143. The summed E-state index contributed by atoms with van der Waals surface area (Å²) < 4.78 is 15.0. The van der Waals surface area contributed by atoms with Gasteiger partial charge in [0.2, 0.25) is 0 Å². The second kappa shape index (κ2) is 6.12. The Hall–Kier alpha value is -3.03. The molecular weight excluding hydrogens is 323 g/mol. The predicted octanol–water partition coefficient (Wildman–Crippen LogP) is 1.53. The monoisotopic (exact) mass is 340 g/mol. The highest BCUT2D eigenvalue weighted by Gasteiger charge is 2.24. The quantitative estimate of drug-likeness (QED) is 0.708. The van der Waals surface area contributed by atoms with Crippen molar-refractivity contribution >= 4 is 17.5 Å². The summed E-state index contributed by atoms with van der Waals surface area (Å²) in [5, 5.41) is 4.23. The first-order valence-electron chi connectivity index (χ1n) is 8.09. The molecule has 8 heteroatoms. The molecule has 25 heavy (non-hydrogen) atoms. The smallest absolute Gasteiger partial charge is 0.254 e. The third-order valence-electron chi connectivity index (χ3n) is 4.32. The van der Waals surface area contributed by atoms with Crippen molar-refractivity contribution in [1.82, 2.24) is 24.5 Å². The lowest BCUT2D eigenvalue weighted by Crippen LogP contribution is -2.49. The maximum absolute atomic E-state index is 13.3. The lowest BCUT2D eigenvalue weighted by atomic mass is 10.1. The molecule has 1 aliphatic heterocycles. The number of nitrogens with zero attached hydrogens (tertiary/aromatic N) is 6. The zero-order chi connectivity index (χ0) is 17.4. The van der Waals surface area contributed by atoms with Gasteiger partial charge in [0.1, 0.15) is 18.0 Å². The Morgan fingerprint density at radius 2 is 1.96 bits per heavy atom. The lowest BCUT2D eigenvalue weighted by molar-refractivity contribution is 0.0746. The molecule has 0 atom stereocenters. The van der Waals surface area contributed by atoms with Crippen LogP contribution >= 0.6 is 0 Å². The molecule has 1 fully saturated rings. The SMILES string of the molecule is Cc1cc(N2CCN(C(=O)c3cccc(F)c3)CC2)n2ncnc2n1. The van der Waals surface area contributed by atoms with E-state index in [1.807, 2.05) is 13.0 Å². The van der Waals surface area contributed by atoms with Gasteiger partial charge in [-0.25, -0.2) is 9.37 Å². The molecule has 1 aromatic carbocycles. The third-order valence-corrected chi connectivity index (χ3v) is 4.32. The van der Waals surface area contributed by atoms with Crippen LogP contribution in [0.1, 0.15) is 16.1 Å². The van der Waals surface area contributed by atoms with Crippen LogP contribution < -0.4 is 4.90 Å². The van der Waals surface area contributed by atoms with Crippen molar-refractivity contribution in [3.63, 3.8) is 0 Å². The van der Waals surface area contributed by atoms with E-state index >= 15 is 0 Å². The number of halogens is 1. The van der Waals surface area contributed by atoms with E-state index in [1.165, 1.54) is 18.5 Å². The molecule has 0 saturated carbocycles. The molecule has 0 bridgehead atoms. The maximum Gasteiger partial charge on any atom is 0.254 e. The van der Waals surface area contributed by atoms with Crippen molar-refractivity contribution in [3.8, 4) is 0 Å². The van der Waals surface area contributed by atoms with Gasteiger partial charge in [0.25, 0.3) is 11.7 Å². The van der Waals surface area contributed by atoms with E-state index in [0.29, 0.717) is 37.5 Å². The maximum atomic E-state index is 13.3. The Morgan fingerprint density at radius 1 is 1.16 bits per heavy atom. The number of aryl methyl sites for hydroxylation is 1. The molecule has 0 radical (unpaired) electrons. The summed E-state index contributed by atoms with van der Waals surface area (Å²) in [6.45, 7) is 4.38. The number of piperazine rings is 1. The van der Waals surface area contributed by atoms with Gasteiger partial charge in [-0.1, -0.05) is 6.07 Å². The highest BCUT2D eigenvalue weighted by atomic mass is 19.1. The van der Waals surface area contributed by atoms with Crippen molar-refractivity contribution < 1.29 is 9.18 Å². The lowest BCUT2D eigenvalue weighted by Gasteiger charge is -2.36. The van der Waals surface area contributed by atoms with Crippen molar-refractivity contribution in [1.29, 1.82) is 0 Å². The molecule has 7 nitrogen and oxygen atoms in total. The number of fused-ring (bicyclic) bond motifs is 1. The average Bonchev–Trinajstić information content (AvgIpc) is 3.09. The van der Waals surface area contributed by atoms with Crippen molar-refractivity contribution in [2.75, 3.05) is 31.1 Å². The number of amides is 1. The van der Waals surface area contributed by atoms with Crippen LogP contribution in [0.25, 0.3) is 5.78 Å². The van der Waals surface area contributed by atoms with Crippen molar-refractivity contribution in [3.05, 3.63) is 53.7 Å². The van der Waals surface area contributed by atoms with Crippen LogP contribution in [0.5, 0.6) is 0 Å². The Balaban J connectivity index is 1.51. The molecule has 128 valence electrons. The topological polar surface area (TPSA) is 66.6 Å². The zero-order valence-corrected chi connectivity index (χ0v) is 13.8. The zero-order valence-electron chi connectivity index (χ0n) is 13.8. The summed E-state index contributed by atoms with van der Waals surface area (Å²) in [5.41, 5.74) is 1.25. The van der Waals surface area contributed by atoms with E-state index in [2.05, 4.69) is 20.0 Å². The van der Waals surface area contributed by atoms with Crippen LogP contribution in [0, 0.1) is 12.7 Å². The number of hydrogen-bond acceptors (Lipinski definition) is 5. The van der Waals surface area contributed by atoms with E-state index in [1.54, 1.807) is 21.5 Å². The standard InChI is InChI=1S/C17H17FN6O/c1-12-9-15(24-17(21-12)19-11-20-24)22-5-7-23(8-6-22)16(25)13-3-2-4-14(18)10-13/h2-4,9-11H,5-8H2,1H3. The molecule has 0 unspecified atom stereocenters. The van der Waals surface area contributed by atoms with E-state index in [9.17, 15) is 9.18 Å².